The second-order valence-corrected chi connectivity index (χ2v) is 9.63. The maximum Gasteiger partial charge on any atom is 0.133 e. The molecule has 4 saturated carbocycles. The predicted octanol–water partition coefficient (Wildman–Crippen LogP) is 5.17. The largest absolute Gasteiger partial charge is 0.374 e. The van der Waals surface area contributed by atoms with Crippen LogP contribution in [-0.2, 0) is 9.53 Å². The molecule has 0 aliphatic heterocycles. The third-order valence-electron chi connectivity index (χ3n) is 8.81. The van der Waals surface area contributed by atoms with E-state index in [9.17, 15) is 4.79 Å². The number of hydrogen-bond donors (Lipinski definition) is 0. The minimum atomic E-state index is 0.373. The summed E-state index contributed by atoms with van der Waals surface area (Å²) in [5.74, 6) is 3.74. The fourth-order valence-corrected chi connectivity index (χ4v) is 7.46. The molecule has 0 N–H and O–H groups in total. The molecule has 4 aliphatic carbocycles. The first-order chi connectivity index (χ1) is 11.5. The van der Waals surface area contributed by atoms with Crippen LogP contribution in [0.3, 0.4) is 0 Å². The Kier molecular flexibility index (Phi) is 4.18. The number of fused-ring (bicyclic) bond motifs is 5. The molecule has 7 atom stereocenters. The number of Topliss-reactive ketones (excluding diaryl/α,β-unsaturated/α-hetero) is 1. The van der Waals surface area contributed by atoms with Crippen molar-refractivity contribution in [2.45, 2.75) is 77.7 Å². The van der Waals surface area contributed by atoms with Crippen molar-refractivity contribution in [3.63, 3.8) is 0 Å². The van der Waals surface area contributed by atoms with Crippen LogP contribution in [0.1, 0.15) is 71.6 Å². The van der Waals surface area contributed by atoms with Crippen LogP contribution < -0.4 is 0 Å². The molecule has 0 spiro atoms. The van der Waals surface area contributed by atoms with Crippen molar-refractivity contribution >= 4 is 5.78 Å². The van der Waals surface area contributed by atoms with Crippen molar-refractivity contribution in [1.82, 2.24) is 0 Å². The molecule has 2 heteroatoms. The zero-order valence-corrected chi connectivity index (χ0v) is 15.6. The van der Waals surface area contributed by atoms with Crippen LogP contribution in [0.5, 0.6) is 0 Å². The molecule has 4 fully saturated rings. The zero-order chi connectivity index (χ0) is 16.9. The number of rotatable bonds is 3. The van der Waals surface area contributed by atoms with Crippen LogP contribution >= 0.6 is 0 Å². The van der Waals surface area contributed by atoms with Crippen LogP contribution in [0.25, 0.3) is 0 Å². The van der Waals surface area contributed by atoms with E-state index in [1.54, 1.807) is 0 Å². The first-order valence-electron chi connectivity index (χ1n) is 10.2. The Morgan fingerprint density at radius 1 is 1.08 bits per heavy atom. The van der Waals surface area contributed by atoms with Crippen molar-refractivity contribution in [2.75, 3.05) is 6.61 Å². The van der Waals surface area contributed by atoms with Crippen molar-refractivity contribution in [3.05, 3.63) is 12.7 Å². The predicted molar refractivity (Wildman–Crippen MR) is 96.7 cm³/mol. The van der Waals surface area contributed by atoms with Crippen LogP contribution in [0.2, 0.25) is 0 Å². The molecule has 2 nitrogen and oxygen atoms in total. The third-order valence-corrected chi connectivity index (χ3v) is 8.81. The zero-order valence-electron chi connectivity index (χ0n) is 15.6. The van der Waals surface area contributed by atoms with E-state index in [-0.39, 0.29) is 0 Å². The van der Waals surface area contributed by atoms with Crippen molar-refractivity contribution < 1.29 is 9.53 Å². The van der Waals surface area contributed by atoms with Gasteiger partial charge in [-0.15, -0.1) is 6.58 Å². The Balaban J connectivity index is 1.56. The highest BCUT2D eigenvalue weighted by Crippen LogP contribution is 2.66. The molecule has 24 heavy (non-hydrogen) atoms. The van der Waals surface area contributed by atoms with E-state index in [1.807, 2.05) is 6.08 Å². The quantitative estimate of drug-likeness (QED) is 0.667. The standard InChI is InChI=1S/C22H34O2/c1-4-13-24-20-8-7-18-17-6-5-15-14-16(23)9-11-21(15,2)19(17)10-12-22(18,20)3/h4,15,17-20H,1,5-14H2,2-3H3/t15?,17-,18-,19+,20?,21-,22-/m0/s1. The maximum atomic E-state index is 12.0. The summed E-state index contributed by atoms with van der Waals surface area (Å²) in [6, 6.07) is 0. The molecule has 0 radical (unpaired) electrons. The Labute approximate surface area is 147 Å². The smallest absolute Gasteiger partial charge is 0.133 e. The second kappa shape index (κ2) is 5.97. The summed E-state index contributed by atoms with van der Waals surface area (Å²) in [4.78, 5) is 12.0. The summed E-state index contributed by atoms with van der Waals surface area (Å²) < 4.78 is 6.19. The lowest BCUT2D eigenvalue weighted by molar-refractivity contribution is -0.144. The van der Waals surface area contributed by atoms with E-state index in [4.69, 9.17) is 4.74 Å². The second-order valence-electron chi connectivity index (χ2n) is 9.63. The van der Waals surface area contributed by atoms with E-state index in [0.29, 0.717) is 35.2 Å². The van der Waals surface area contributed by atoms with Gasteiger partial charge in [0.05, 0.1) is 12.7 Å². The van der Waals surface area contributed by atoms with Gasteiger partial charge in [0.25, 0.3) is 0 Å². The molecule has 0 aromatic carbocycles. The first-order valence-corrected chi connectivity index (χ1v) is 10.2. The van der Waals surface area contributed by atoms with Crippen LogP contribution in [-0.4, -0.2) is 18.5 Å². The average molecular weight is 331 g/mol. The third kappa shape index (κ3) is 2.35. The van der Waals surface area contributed by atoms with Gasteiger partial charge in [0.2, 0.25) is 0 Å². The number of ether oxygens (including phenoxy) is 1. The van der Waals surface area contributed by atoms with Crippen LogP contribution in [0.15, 0.2) is 12.7 Å². The van der Waals surface area contributed by atoms with Gasteiger partial charge >= 0.3 is 0 Å². The molecular weight excluding hydrogens is 296 g/mol. The molecule has 0 bridgehead atoms. The SMILES string of the molecule is C=CCOC1CC[C@H]2[C@@H]3CCC4CC(=O)CC[C@]4(C)[C@@H]3CC[C@]12C. The molecule has 4 rings (SSSR count). The number of carbonyl (C=O) groups excluding carboxylic acids is 1. The van der Waals surface area contributed by atoms with Crippen molar-refractivity contribution in [2.24, 2.45) is 34.5 Å². The van der Waals surface area contributed by atoms with Gasteiger partial charge in [0.15, 0.2) is 0 Å². The average Bonchev–Trinajstić information content (AvgIpc) is 2.90. The minimum absolute atomic E-state index is 0.373. The molecular formula is C22H34O2. The fraction of sp³-hybridized carbons (Fsp3) is 0.864. The van der Waals surface area contributed by atoms with Gasteiger partial charge in [-0.2, -0.15) is 0 Å². The lowest BCUT2D eigenvalue weighted by atomic mass is 9.45. The number of ketones is 1. The molecule has 0 saturated heterocycles. The highest BCUT2D eigenvalue weighted by Gasteiger charge is 2.60. The molecule has 2 unspecified atom stereocenters. The summed E-state index contributed by atoms with van der Waals surface area (Å²) in [6.07, 6.45) is 13.1. The molecule has 0 aromatic rings. The van der Waals surface area contributed by atoms with Gasteiger partial charge in [-0.1, -0.05) is 19.9 Å². The van der Waals surface area contributed by atoms with Crippen LogP contribution in [0, 0.1) is 34.5 Å². The molecule has 4 aliphatic rings. The van der Waals surface area contributed by atoms with E-state index >= 15 is 0 Å². The summed E-state index contributed by atoms with van der Waals surface area (Å²) in [5, 5.41) is 0. The summed E-state index contributed by atoms with van der Waals surface area (Å²) >= 11 is 0. The lowest BCUT2D eigenvalue weighted by Gasteiger charge is -2.60. The molecule has 134 valence electrons. The van der Waals surface area contributed by atoms with Gasteiger partial charge in [-0.25, -0.2) is 0 Å². The van der Waals surface area contributed by atoms with E-state index < -0.39 is 0 Å². The van der Waals surface area contributed by atoms with Gasteiger partial charge in [0, 0.05) is 12.8 Å². The van der Waals surface area contributed by atoms with Gasteiger partial charge in [0.1, 0.15) is 5.78 Å². The Morgan fingerprint density at radius 3 is 2.67 bits per heavy atom. The monoisotopic (exact) mass is 330 g/mol. The van der Waals surface area contributed by atoms with Gasteiger partial charge in [-0.3, -0.25) is 4.79 Å². The van der Waals surface area contributed by atoms with E-state index in [2.05, 4.69) is 20.4 Å². The number of carbonyl (C=O) groups is 1. The fourth-order valence-electron chi connectivity index (χ4n) is 7.46. The van der Waals surface area contributed by atoms with Gasteiger partial charge in [-0.05, 0) is 79.4 Å². The molecule has 0 amide bonds. The van der Waals surface area contributed by atoms with Crippen LogP contribution in [0.4, 0.5) is 0 Å². The molecule has 0 aromatic heterocycles. The highest BCUT2D eigenvalue weighted by molar-refractivity contribution is 5.79. The first kappa shape index (κ1) is 16.8. The van der Waals surface area contributed by atoms with Gasteiger partial charge < -0.3 is 4.74 Å². The van der Waals surface area contributed by atoms with E-state index in [1.165, 1.54) is 38.5 Å². The highest BCUT2D eigenvalue weighted by atomic mass is 16.5. The maximum absolute atomic E-state index is 12.0. The summed E-state index contributed by atoms with van der Waals surface area (Å²) in [6.45, 7) is 9.56. The normalized spacial score (nSPS) is 50.8. The van der Waals surface area contributed by atoms with Crippen molar-refractivity contribution in [1.29, 1.82) is 0 Å². The van der Waals surface area contributed by atoms with Crippen molar-refractivity contribution in [3.8, 4) is 0 Å². The lowest BCUT2D eigenvalue weighted by Crippen LogP contribution is -2.54. The Hall–Kier alpha value is -0.630. The molecule has 0 heterocycles. The number of hydrogen-bond acceptors (Lipinski definition) is 2. The Bertz CT molecular complexity index is 526. The Morgan fingerprint density at radius 2 is 1.88 bits per heavy atom. The topological polar surface area (TPSA) is 26.3 Å². The van der Waals surface area contributed by atoms with E-state index in [0.717, 1.165) is 37.0 Å². The minimum Gasteiger partial charge on any atom is -0.374 e. The summed E-state index contributed by atoms with van der Waals surface area (Å²) in [5.41, 5.74) is 0.802. The summed E-state index contributed by atoms with van der Waals surface area (Å²) in [7, 11) is 0.